The number of hydrogen-bond donors (Lipinski definition) is 1. The van der Waals surface area contributed by atoms with Crippen molar-refractivity contribution in [1.29, 1.82) is 0 Å². The number of ether oxygens (including phenoxy) is 1. The molecule has 0 saturated carbocycles. The summed E-state index contributed by atoms with van der Waals surface area (Å²) in [5, 5.41) is 9.68. The van der Waals surface area contributed by atoms with Gasteiger partial charge < -0.3 is 24.5 Å². The minimum atomic E-state index is -0.711. The highest BCUT2D eigenvalue weighted by molar-refractivity contribution is 8.02. The summed E-state index contributed by atoms with van der Waals surface area (Å²) < 4.78 is 4.90. The number of likely N-dealkylation sites (tertiary alicyclic amines) is 1. The second kappa shape index (κ2) is 13.3. The summed E-state index contributed by atoms with van der Waals surface area (Å²) in [7, 11) is 0. The molecule has 3 fully saturated rings. The number of thioether (sulfide) groups is 1. The van der Waals surface area contributed by atoms with E-state index >= 15 is 0 Å². The van der Waals surface area contributed by atoms with Crippen LogP contribution in [0, 0.1) is 17.3 Å². The Morgan fingerprint density at radius 1 is 1.11 bits per heavy atom. The van der Waals surface area contributed by atoms with E-state index in [9.17, 15) is 19.5 Å². The third-order valence-electron chi connectivity index (χ3n) is 9.18. The zero-order chi connectivity index (χ0) is 32.4. The number of nitrogens with zero attached hydrogens (tertiary/aromatic N) is 3. The largest absolute Gasteiger partial charge is 0.494 e. The fourth-order valence-electron chi connectivity index (χ4n) is 8.02. The van der Waals surface area contributed by atoms with Crippen LogP contribution in [0.25, 0.3) is 0 Å². The molecular weight excluding hydrogens is 574 g/mol. The van der Waals surface area contributed by atoms with Gasteiger partial charge in [0.2, 0.25) is 17.7 Å². The van der Waals surface area contributed by atoms with Gasteiger partial charge in [0.15, 0.2) is 0 Å². The summed E-state index contributed by atoms with van der Waals surface area (Å²) >= 11 is 1.67. The summed E-state index contributed by atoms with van der Waals surface area (Å²) in [6.45, 7) is 21.8. The molecule has 242 valence electrons. The number of benzene rings is 1. The minimum absolute atomic E-state index is 0.0281. The van der Waals surface area contributed by atoms with Crippen LogP contribution in [-0.4, -0.2) is 87.1 Å². The molecule has 3 heterocycles. The molecule has 9 heteroatoms. The number of fused-ring (bicyclic) bond motifs is 1. The van der Waals surface area contributed by atoms with Crippen LogP contribution >= 0.6 is 11.8 Å². The van der Waals surface area contributed by atoms with Gasteiger partial charge in [-0.3, -0.25) is 14.4 Å². The molecule has 0 aromatic heterocycles. The smallest absolute Gasteiger partial charge is 0.247 e. The average Bonchev–Trinajstić information content (AvgIpc) is 3.59. The van der Waals surface area contributed by atoms with Gasteiger partial charge in [0, 0.05) is 42.7 Å². The van der Waals surface area contributed by atoms with Crippen molar-refractivity contribution in [3.63, 3.8) is 0 Å². The molecule has 5 atom stereocenters. The van der Waals surface area contributed by atoms with Crippen molar-refractivity contribution in [1.82, 2.24) is 9.80 Å². The van der Waals surface area contributed by atoms with Crippen LogP contribution in [0.3, 0.4) is 0 Å². The Morgan fingerprint density at radius 2 is 1.77 bits per heavy atom. The van der Waals surface area contributed by atoms with E-state index in [1.165, 1.54) is 0 Å². The van der Waals surface area contributed by atoms with Gasteiger partial charge in [-0.05, 0) is 76.1 Å². The summed E-state index contributed by atoms with van der Waals surface area (Å²) in [5.74, 6) is -0.805. The van der Waals surface area contributed by atoms with Crippen LogP contribution in [0.1, 0.15) is 67.2 Å². The zero-order valence-electron chi connectivity index (χ0n) is 27.4. The second-order valence-electron chi connectivity index (χ2n) is 14.1. The Morgan fingerprint density at radius 3 is 2.34 bits per heavy atom. The first-order valence-electron chi connectivity index (χ1n) is 15.9. The Bertz CT molecular complexity index is 1240. The van der Waals surface area contributed by atoms with Crippen LogP contribution < -0.4 is 9.64 Å². The second-order valence-corrected chi connectivity index (χ2v) is 15.7. The number of aliphatic hydroxyl groups is 1. The molecule has 1 N–H and O–H groups in total. The van der Waals surface area contributed by atoms with Gasteiger partial charge in [-0.2, -0.15) is 0 Å². The molecule has 1 aromatic carbocycles. The van der Waals surface area contributed by atoms with Crippen molar-refractivity contribution >= 4 is 35.2 Å². The van der Waals surface area contributed by atoms with Crippen molar-refractivity contribution in [2.75, 3.05) is 37.7 Å². The minimum Gasteiger partial charge on any atom is -0.494 e. The average molecular weight is 626 g/mol. The fourth-order valence-corrected chi connectivity index (χ4v) is 10.2. The zero-order valence-corrected chi connectivity index (χ0v) is 28.2. The van der Waals surface area contributed by atoms with Gasteiger partial charge in [0.1, 0.15) is 11.8 Å². The molecular formula is C35H51N3O5S. The van der Waals surface area contributed by atoms with Crippen molar-refractivity contribution in [2.45, 2.75) is 88.8 Å². The van der Waals surface area contributed by atoms with Crippen LogP contribution in [-0.2, 0) is 14.4 Å². The van der Waals surface area contributed by atoms with Crippen LogP contribution in [0.15, 0.2) is 49.6 Å². The van der Waals surface area contributed by atoms with E-state index in [-0.39, 0.29) is 41.5 Å². The summed E-state index contributed by atoms with van der Waals surface area (Å²) in [5.41, 5.74) is 0.200. The number of rotatable bonds is 14. The predicted octanol–water partition coefficient (Wildman–Crippen LogP) is 5.31. The highest BCUT2D eigenvalue weighted by Crippen LogP contribution is 2.67. The number of carbonyl (C=O) groups excluding carboxylic acids is 3. The topological polar surface area (TPSA) is 90.4 Å². The van der Waals surface area contributed by atoms with Crippen LogP contribution in [0.2, 0.25) is 0 Å². The van der Waals surface area contributed by atoms with Crippen molar-refractivity contribution in [2.24, 2.45) is 17.3 Å². The molecule has 3 amide bonds. The fraction of sp³-hybridized carbons (Fsp3) is 0.629. The normalized spacial score (nSPS) is 26.0. The first-order chi connectivity index (χ1) is 20.8. The Balaban J connectivity index is 1.74. The number of carbonyl (C=O) groups is 3. The number of anilines is 1. The molecule has 8 nitrogen and oxygen atoms in total. The van der Waals surface area contributed by atoms with E-state index in [2.05, 4.69) is 47.8 Å². The maximum atomic E-state index is 14.8. The highest BCUT2D eigenvalue weighted by Gasteiger charge is 2.74. The molecule has 3 aliphatic rings. The highest BCUT2D eigenvalue weighted by atomic mass is 32.2. The Labute approximate surface area is 267 Å². The lowest BCUT2D eigenvalue weighted by Gasteiger charge is -2.46. The number of hydrogen-bond acceptors (Lipinski definition) is 6. The Kier molecular flexibility index (Phi) is 10.3. The molecule has 2 unspecified atom stereocenters. The lowest BCUT2D eigenvalue weighted by atomic mass is 9.70. The van der Waals surface area contributed by atoms with E-state index in [0.717, 1.165) is 24.3 Å². The quantitative estimate of drug-likeness (QED) is 0.282. The first kappa shape index (κ1) is 34.1. The predicted molar refractivity (Wildman–Crippen MR) is 178 cm³/mol. The molecule has 44 heavy (non-hydrogen) atoms. The maximum absolute atomic E-state index is 14.8. The standard InChI is InChI=1S/C35H51N3O5S/c1-9-19-36(24-13-15-25(16-14-24)43-11-3)30(40)27-26-17-18-35(44-26)28(27)31(41)37(21-12-22-39)29(35)32(42)38(20-10-2)34(7,8)23-33(4,5)6/h9-10,13-16,26-29,39H,1-2,11-12,17-23H2,3-8H3/t26-,27+,28-,29?,35?/m0/s1. The molecule has 3 saturated heterocycles. The van der Waals surface area contributed by atoms with E-state index in [1.54, 1.807) is 33.7 Å². The SMILES string of the molecule is C=CCN(C(=O)[C@@H]1[C@@H]2CCC3(S2)C(C(=O)N(CC=C)C(C)(C)CC(C)(C)C)N(CCCO)C(=O)[C@H]13)c1ccc(OCC)cc1. The molecule has 0 aliphatic carbocycles. The van der Waals surface area contributed by atoms with Gasteiger partial charge in [-0.25, -0.2) is 0 Å². The molecule has 4 rings (SSSR count). The maximum Gasteiger partial charge on any atom is 0.247 e. The lowest BCUT2D eigenvalue weighted by molar-refractivity contribution is -0.146. The van der Waals surface area contributed by atoms with E-state index in [1.807, 2.05) is 36.1 Å². The van der Waals surface area contributed by atoms with Crippen molar-refractivity contribution in [3.05, 3.63) is 49.6 Å². The van der Waals surface area contributed by atoms with E-state index in [0.29, 0.717) is 32.5 Å². The molecule has 1 spiro atoms. The van der Waals surface area contributed by atoms with Crippen LogP contribution in [0.4, 0.5) is 5.69 Å². The summed E-state index contributed by atoms with van der Waals surface area (Å²) in [4.78, 5) is 49.0. The van der Waals surface area contributed by atoms with Crippen LogP contribution in [0.5, 0.6) is 5.75 Å². The lowest BCUT2D eigenvalue weighted by Crippen LogP contribution is -2.60. The molecule has 3 aliphatic heterocycles. The number of aliphatic hydroxyl groups excluding tert-OH is 1. The van der Waals surface area contributed by atoms with Crippen molar-refractivity contribution in [3.8, 4) is 5.75 Å². The Hall–Kier alpha value is -2.78. The van der Waals surface area contributed by atoms with Gasteiger partial charge in [-0.1, -0.05) is 32.9 Å². The summed E-state index contributed by atoms with van der Waals surface area (Å²) in [6.07, 6.45) is 6.05. The third-order valence-corrected chi connectivity index (χ3v) is 11.1. The number of amides is 3. The van der Waals surface area contributed by atoms with E-state index < -0.39 is 28.2 Å². The summed E-state index contributed by atoms with van der Waals surface area (Å²) in [6, 6.07) is 6.71. The first-order valence-corrected chi connectivity index (χ1v) is 16.8. The van der Waals surface area contributed by atoms with Gasteiger partial charge in [0.05, 0.1) is 23.2 Å². The molecule has 1 aromatic rings. The monoisotopic (exact) mass is 625 g/mol. The molecule has 0 radical (unpaired) electrons. The molecule has 2 bridgehead atoms. The van der Waals surface area contributed by atoms with Crippen molar-refractivity contribution < 1.29 is 24.2 Å². The third kappa shape index (κ3) is 6.32. The van der Waals surface area contributed by atoms with Gasteiger partial charge in [-0.15, -0.1) is 24.9 Å². The van der Waals surface area contributed by atoms with Gasteiger partial charge >= 0.3 is 0 Å². The van der Waals surface area contributed by atoms with Gasteiger partial charge in [0.25, 0.3) is 0 Å². The van der Waals surface area contributed by atoms with E-state index in [4.69, 9.17) is 4.74 Å².